The first-order valence-corrected chi connectivity index (χ1v) is 8.57. The van der Waals surface area contributed by atoms with Gasteiger partial charge in [-0.05, 0) is 25.1 Å². The van der Waals surface area contributed by atoms with Crippen LogP contribution in [0.5, 0.6) is 5.75 Å². The third-order valence-corrected chi connectivity index (χ3v) is 5.06. The number of H-pyrrole nitrogens is 1. The van der Waals surface area contributed by atoms with Gasteiger partial charge in [0.15, 0.2) is 0 Å². The second-order valence-electron chi connectivity index (χ2n) is 7.30. The minimum Gasteiger partial charge on any atom is -0.497 e. The molecule has 2 aromatic rings. The average molecular weight is 351 g/mol. The fourth-order valence-corrected chi connectivity index (χ4v) is 3.52. The lowest BCUT2D eigenvalue weighted by molar-refractivity contribution is -0.137. The number of hydrogen-bond donors (Lipinski definition) is 2. The summed E-state index contributed by atoms with van der Waals surface area (Å²) in [7, 11) is 1.63. The van der Waals surface area contributed by atoms with Crippen LogP contribution in [0.2, 0.25) is 0 Å². The lowest BCUT2D eigenvalue weighted by atomic mass is 9.85. The third kappa shape index (κ3) is 2.33. The number of rotatable bonds is 1. The second-order valence-corrected chi connectivity index (χ2v) is 7.30. The smallest absolute Gasteiger partial charge is 0.269 e. The number of ether oxygens (including phenoxy) is 1. The Labute approximate surface area is 151 Å². The van der Waals surface area contributed by atoms with E-state index in [1.54, 1.807) is 26.3 Å². The van der Waals surface area contributed by atoms with Crippen LogP contribution in [0.25, 0.3) is 17.0 Å². The van der Waals surface area contributed by atoms with E-state index in [0.29, 0.717) is 5.70 Å². The van der Waals surface area contributed by atoms with Gasteiger partial charge < -0.3 is 15.0 Å². The Hall–Kier alpha value is -3.02. The highest BCUT2D eigenvalue weighted by Crippen LogP contribution is 2.37. The van der Waals surface area contributed by atoms with Crippen molar-refractivity contribution in [1.82, 2.24) is 15.2 Å². The summed E-state index contributed by atoms with van der Waals surface area (Å²) >= 11 is 0. The van der Waals surface area contributed by atoms with E-state index in [2.05, 4.69) is 24.1 Å². The first-order chi connectivity index (χ1) is 12.3. The largest absolute Gasteiger partial charge is 0.497 e. The van der Waals surface area contributed by atoms with E-state index in [1.807, 2.05) is 24.3 Å². The predicted octanol–water partition coefficient (Wildman–Crippen LogP) is 2.67. The Bertz CT molecular complexity index is 997. The minimum atomic E-state index is -0.543. The van der Waals surface area contributed by atoms with Crippen molar-refractivity contribution in [2.45, 2.75) is 32.2 Å². The van der Waals surface area contributed by atoms with Gasteiger partial charge in [0.05, 0.1) is 7.11 Å². The monoisotopic (exact) mass is 351 g/mol. The number of piperazine rings is 1. The highest BCUT2D eigenvalue weighted by atomic mass is 16.5. The number of allylic oxidation sites excluding steroid dienone is 1. The molecule has 0 aliphatic carbocycles. The molecule has 3 heterocycles. The molecule has 0 bridgehead atoms. The molecular weight excluding hydrogens is 330 g/mol. The standard InChI is InChI=1S/C20H21N3O3/c1-11-19(25)23-8-7-20(2,3)17-14(10-16(23)18(24)21-11)13-6-5-12(26-4)9-15(13)22-17/h5-11,22H,1-4H3,(H,21,24)/b8-7-,16-10?/t11-/m1/s1. The Morgan fingerprint density at radius 3 is 2.73 bits per heavy atom. The lowest BCUT2D eigenvalue weighted by Gasteiger charge is -2.33. The van der Waals surface area contributed by atoms with Crippen LogP contribution >= 0.6 is 0 Å². The van der Waals surface area contributed by atoms with E-state index in [1.165, 1.54) is 4.90 Å². The highest BCUT2D eigenvalue weighted by molar-refractivity contribution is 6.09. The maximum atomic E-state index is 12.6. The number of fused-ring (bicyclic) bond motifs is 4. The number of aromatic nitrogens is 1. The Morgan fingerprint density at radius 1 is 1.23 bits per heavy atom. The third-order valence-electron chi connectivity index (χ3n) is 5.06. The van der Waals surface area contributed by atoms with Crippen molar-refractivity contribution in [2.75, 3.05) is 7.11 Å². The van der Waals surface area contributed by atoms with Gasteiger partial charge in [-0.3, -0.25) is 14.5 Å². The molecule has 26 heavy (non-hydrogen) atoms. The summed E-state index contributed by atoms with van der Waals surface area (Å²) in [6.45, 7) is 5.84. The summed E-state index contributed by atoms with van der Waals surface area (Å²) in [6.07, 6.45) is 5.46. The molecule has 1 aromatic carbocycles. The van der Waals surface area contributed by atoms with Gasteiger partial charge in [-0.2, -0.15) is 0 Å². The molecule has 1 atom stereocenters. The molecule has 2 N–H and O–H groups in total. The molecule has 4 rings (SSSR count). The van der Waals surface area contributed by atoms with Gasteiger partial charge >= 0.3 is 0 Å². The van der Waals surface area contributed by atoms with Gasteiger partial charge in [0.2, 0.25) is 0 Å². The van der Waals surface area contributed by atoms with Crippen LogP contribution in [0.4, 0.5) is 0 Å². The molecule has 134 valence electrons. The number of carbonyl (C=O) groups is 2. The van der Waals surface area contributed by atoms with Gasteiger partial charge in [0, 0.05) is 39.8 Å². The predicted molar refractivity (Wildman–Crippen MR) is 99.4 cm³/mol. The number of aromatic amines is 1. The number of carbonyl (C=O) groups excluding carboxylic acids is 2. The van der Waals surface area contributed by atoms with E-state index in [9.17, 15) is 9.59 Å². The zero-order valence-corrected chi connectivity index (χ0v) is 15.2. The summed E-state index contributed by atoms with van der Waals surface area (Å²) in [4.78, 5) is 30.0. The SMILES string of the molecule is COc1ccc2c3c([nH]c2c1)C(C)(C)/C=C\N1C(=O)[C@@H](C)NC(=O)C1=C3. The first-order valence-electron chi connectivity index (χ1n) is 8.57. The van der Waals surface area contributed by atoms with Gasteiger partial charge in [0.1, 0.15) is 17.5 Å². The molecule has 6 heteroatoms. The number of amides is 2. The molecule has 0 saturated carbocycles. The highest BCUT2D eigenvalue weighted by Gasteiger charge is 2.36. The van der Waals surface area contributed by atoms with Crippen molar-refractivity contribution in [3.05, 3.63) is 47.4 Å². The number of methoxy groups -OCH3 is 1. The normalized spacial score (nSPS) is 22.7. The Morgan fingerprint density at radius 2 is 2.00 bits per heavy atom. The summed E-state index contributed by atoms with van der Waals surface area (Å²) in [6, 6.07) is 5.25. The molecule has 6 nitrogen and oxygen atoms in total. The average Bonchev–Trinajstić information content (AvgIpc) is 2.96. The van der Waals surface area contributed by atoms with Crippen molar-refractivity contribution in [3.63, 3.8) is 0 Å². The van der Waals surface area contributed by atoms with E-state index in [4.69, 9.17) is 4.74 Å². The lowest BCUT2D eigenvalue weighted by Crippen LogP contribution is -2.53. The molecule has 1 aromatic heterocycles. The molecule has 1 saturated heterocycles. The van der Waals surface area contributed by atoms with Gasteiger partial charge in [0.25, 0.3) is 11.8 Å². The van der Waals surface area contributed by atoms with Crippen LogP contribution in [0, 0.1) is 0 Å². The zero-order valence-electron chi connectivity index (χ0n) is 15.2. The summed E-state index contributed by atoms with van der Waals surface area (Å²) in [5.41, 5.74) is 2.81. The molecular formula is C20H21N3O3. The van der Waals surface area contributed by atoms with E-state index in [-0.39, 0.29) is 17.2 Å². The van der Waals surface area contributed by atoms with Crippen LogP contribution in [-0.4, -0.2) is 34.8 Å². The van der Waals surface area contributed by atoms with Crippen LogP contribution in [0.1, 0.15) is 32.0 Å². The van der Waals surface area contributed by atoms with Crippen molar-refractivity contribution in [3.8, 4) is 5.75 Å². The number of hydrogen-bond acceptors (Lipinski definition) is 3. The van der Waals surface area contributed by atoms with Crippen molar-refractivity contribution >= 4 is 28.8 Å². The fourth-order valence-electron chi connectivity index (χ4n) is 3.52. The maximum Gasteiger partial charge on any atom is 0.269 e. The van der Waals surface area contributed by atoms with Crippen LogP contribution in [-0.2, 0) is 15.0 Å². The number of nitrogens with one attached hydrogen (secondary N) is 2. The molecule has 2 aliphatic heterocycles. The Balaban J connectivity index is 2.01. The van der Waals surface area contributed by atoms with E-state index < -0.39 is 6.04 Å². The summed E-state index contributed by atoms with van der Waals surface area (Å²) in [5, 5.41) is 3.71. The van der Waals surface area contributed by atoms with Gasteiger partial charge in [-0.1, -0.05) is 19.9 Å². The molecule has 2 amide bonds. The summed E-state index contributed by atoms with van der Waals surface area (Å²) < 4.78 is 5.32. The van der Waals surface area contributed by atoms with E-state index in [0.717, 1.165) is 27.9 Å². The van der Waals surface area contributed by atoms with Crippen LogP contribution in [0.3, 0.4) is 0 Å². The molecule has 0 unspecified atom stereocenters. The topological polar surface area (TPSA) is 74.4 Å². The fraction of sp³-hybridized carbons (Fsp3) is 0.300. The van der Waals surface area contributed by atoms with Crippen molar-refractivity contribution in [2.24, 2.45) is 0 Å². The summed E-state index contributed by atoms with van der Waals surface area (Å²) in [5.74, 6) is 0.358. The molecule has 0 radical (unpaired) electrons. The van der Waals surface area contributed by atoms with Crippen LogP contribution in [0.15, 0.2) is 36.2 Å². The Kier molecular flexibility index (Phi) is 3.47. The quantitative estimate of drug-likeness (QED) is 0.829. The van der Waals surface area contributed by atoms with E-state index >= 15 is 0 Å². The van der Waals surface area contributed by atoms with Crippen molar-refractivity contribution in [1.29, 1.82) is 0 Å². The number of benzene rings is 1. The zero-order chi connectivity index (χ0) is 18.6. The molecule has 2 aliphatic rings. The first kappa shape index (κ1) is 16.4. The molecule has 0 spiro atoms. The number of nitrogens with zero attached hydrogens (tertiary/aromatic N) is 1. The van der Waals surface area contributed by atoms with Gasteiger partial charge in [-0.15, -0.1) is 0 Å². The second kappa shape index (κ2) is 5.49. The van der Waals surface area contributed by atoms with Gasteiger partial charge in [-0.25, -0.2) is 0 Å². The van der Waals surface area contributed by atoms with Crippen molar-refractivity contribution < 1.29 is 14.3 Å². The minimum absolute atomic E-state index is 0.145. The van der Waals surface area contributed by atoms with Crippen LogP contribution < -0.4 is 10.1 Å². The molecule has 1 fully saturated rings. The maximum absolute atomic E-state index is 12.6.